The van der Waals surface area contributed by atoms with E-state index in [0.717, 1.165) is 0 Å². The van der Waals surface area contributed by atoms with Crippen LogP contribution in [0.1, 0.15) is 12.8 Å². The fraction of sp³-hybridized carbons (Fsp3) is 0.545. The van der Waals surface area contributed by atoms with Crippen molar-refractivity contribution >= 4 is 59.7 Å². The molecule has 0 saturated heterocycles. The smallest absolute Gasteiger partial charge is 0.470 e. The summed E-state index contributed by atoms with van der Waals surface area (Å²) < 4.78 is 51.3. The molecule has 0 aromatic rings. The summed E-state index contributed by atoms with van der Waals surface area (Å²) in [5.74, 6) is -8.86. The summed E-state index contributed by atoms with van der Waals surface area (Å²) >= 11 is 5.23. The number of carbonyl (C=O) groups excluding carboxylic acids is 1. The summed E-state index contributed by atoms with van der Waals surface area (Å²) in [4.78, 5) is 68.2. The molecule has 2 unspecified atom stereocenters. The molecule has 0 aliphatic rings. The third kappa shape index (κ3) is 16.8. The van der Waals surface area contributed by atoms with Crippen LogP contribution in [0, 0.1) is 0 Å². The number of phosphoric ester groups is 1. The molecule has 0 aliphatic heterocycles. The Hall–Kier alpha value is -2.42. The highest BCUT2D eigenvalue weighted by Gasteiger charge is 2.40. The van der Waals surface area contributed by atoms with Gasteiger partial charge in [-0.2, -0.15) is 8.42 Å². The van der Waals surface area contributed by atoms with Gasteiger partial charge < -0.3 is 40.1 Å². The van der Waals surface area contributed by atoms with Gasteiger partial charge in [-0.05, 0) is 0 Å². The van der Waals surface area contributed by atoms with Crippen LogP contribution < -0.4 is 0 Å². The maximum Gasteiger partial charge on any atom is 0.470 e. The van der Waals surface area contributed by atoms with Gasteiger partial charge in [0.15, 0.2) is 11.2 Å². The highest BCUT2D eigenvalue weighted by Crippen LogP contribution is 2.39. The molecule has 0 aromatic heterocycles. The molecule has 192 valence electrons. The van der Waals surface area contributed by atoms with Crippen LogP contribution in [0.4, 0.5) is 0 Å². The van der Waals surface area contributed by atoms with E-state index >= 15 is 0 Å². The lowest BCUT2D eigenvalue weighted by Crippen LogP contribution is -2.42. The number of hydrogen-bond donors (Lipinski definition) is 8. The number of rotatable bonds is 12. The van der Waals surface area contributed by atoms with E-state index in [9.17, 15) is 37.0 Å². The molecule has 19 nitrogen and oxygen atoms in total. The minimum absolute atomic E-state index is 1.14. The minimum Gasteiger partial charge on any atom is -0.481 e. The zero-order valence-corrected chi connectivity index (χ0v) is 18.0. The SMILES string of the molecule is O=C(O)C(=O)OCC(OP(=O)(O)O)C(Cl)OS(=O)(=O)O.O=C(O)CC(O)(CC(=O)O)C(=O)O. The van der Waals surface area contributed by atoms with E-state index in [-0.39, 0.29) is 0 Å². The molecule has 0 radical (unpaired) electrons. The van der Waals surface area contributed by atoms with E-state index in [4.69, 9.17) is 51.5 Å². The molecule has 0 spiro atoms. The Morgan fingerprint density at radius 3 is 1.67 bits per heavy atom. The van der Waals surface area contributed by atoms with Gasteiger partial charge in [0.05, 0.1) is 12.8 Å². The maximum absolute atomic E-state index is 10.6. The largest absolute Gasteiger partial charge is 0.481 e. The third-order valence-corrected chi connectivity index (χ3v) is 4.09. The van der Waals surface area contributed by atoms with Gasteiger partial charge in [0, 0.05) is 0 Å². The number of hydrogen-bond acceptors (Lipinski definition) is 12. The molecule has 8 N–H and O–H groups in total. The van der Waals surface area contributed by atoms with E-state index < -0.39 is 84.8 Å². The van der Waals surface area contributed by atoms with Gasteiger partial charge in [-0.15, -0.1) is 0 Å². The molecule has 0 aromatic carbocycles. The quantitative estimate of drug-likeness (QED) is 0.0400. The number of phosphoric acid groups is 1. The number of aliphatic carboxylic acids is 4. The van der Waals surface area contributed by atoms with Crippen molar-refractivity contribution in [2.75, 3.05) is 6.61 Å². The summed E-state index contributed by atoms with van der Waals surface area (Å²) in [6, 6.07) is 0. The number of aliphatic hydroxyl groups is 1. The lowest BCUT2D eigenvalue weighted by Gasteiger charge is -2.20. The van der Waals surface area contributed by atoms with Gasteiger partial charge in [-0.25, -0.2) is 23.1 Å². The van der Waals surface area contributed by atoms with Crippen molar-refractivity contribution in [1.82, 2.24) is 0 Å². The summed E-state index contributed by atoms with van der Waals surface area (Å²) in [6.07, 6.45) is -4.37. The topological polar surface area (TPSA) is 326 Å². The monoisotopic (exact) mass is 550 g/mol. The Labute approximate surface area is 187 Å². The van der Waals surface area contributed by atoms with Crippen LogP contribution in [0.2, 0.25) is 0 Å². The Bertz CT molecular complexity index is 875. The number of carboxylic acid groups (broad SMARTS) is 4. The van der Waals surface area contributed by atoms with Crippen LogP contribution in [0.3, 0.4) is 0 Å². The van der Waals surface area contributed by atoms with Crippen LogP contribution in [-0.4, -0.2) is 102 Å². The second-order valence-corrected chi connectivity index (χ2v) is 8.06. The summed E-state index contributed by atoms with van der Waals surface area (Å²) in [7, 11) is -10.3. The van der Waals surface area contributed by atoms with E-state index in [1.807, 2.05) is 0 Å². The lowest BCUT2D eigenvalue weighted by molar-refractivity contribution is -0.170. The summed E-state index contributed by atoms with van der Waals surface area (Å²) in [5, 5.41) is 42.0. The van der Waals surface area contributed by atoms with Crippen LogP contribution in [0.25, 0.3) is 0 Å². The summed E-state index contributed by atoms with van der Waals surface area (Å²) in [5.41, 5.74) is -4.95. The second-order valence-electron chi connectivity index (χ2n) is 5.39. The van der Waals surface area contributed by atoms with Crippen LogP contribution in [0.5, 0.6) is 0 Å². The Morgan fingerprint density at radius 1 is 0.970 bits per heavy atom. The standard InChI is InChI=1S/C6H8O7.C5H8ClO12PS/c7-3(8)1-6(13,5(11)12)2-4(9)10;6-3(18-20(13,14)15)2(17-19(10,11)12)1-16-5(9)4(7)8/h13H,1-2H2,(H,7,8)(H,9,10)(H,11,12);2-3H,1H2,(H,7,8)(H2,10,11,12)(H,13,14,15). The average Bonchev–Trinajstić information content (AvgIpc) is 2.54. The number of halogens is 1. The van der Waals surface area contributed by atoms with E-state index in [1.54, 1.807) is 0 Å². The Kier molecular flexibility index (Phi) is 13.2. The van der Waals surface area contributed by atoms with Gasteiger partial charge in [0.25, 0.3) is 0 Å². The first-order chi connectivity index (χ1) is 14.6. The first-order valence-electron chi connectivity index (χ1n) is 7.42. The number of ether oxygens (including phenoxy) is 1. The Balaban J connectivity index is 0. The van der Waals surface area contributed by atoms with Crippen molar-refractivity contribution in [1.29, 1.82) is 0 Å². The first-order valence-corrected chi connectivity index (χ1v) is 10.8. The third-order valence-electron chi connectivity index (χ3n) is 2.62. The zero-order valence-electron chi connectivity index (χ0n) is 15.6. The van der Waals surface area contributed by atoms with Crippen molar-refractivity contribution in [3.05, 3.63) is 0 Å². The molecule has 0 bridgehead atoms. The van der Waals surface area contributed by atoms with Gasteiger partial charge in [-0.1, -0.05) is 11.6 Å². The molecule has 0 heterocycles. The van der Waals surface area contributed by atoms with Crippen LogP contribution in [-0.2, 0) is 52.4 Å². The molecule has 0 saturated carbocycles. The van der Waals surface area contributed by atoms with Crippen molar-refractivity contribution < 1.29 is 90.3 Å². The number of esters is 1. The normalized spacial score (nSPS) is 13.6. The molecule has 22 heteroatoms. The molecule has 33 heavy (non-hydrogen) atoms. The van der Waals surface area contributed by atoms with Crippen molar-refractivity contribution in [2.24, 2.45) is 0 Å². The van der Waals surface area contributed by atoms with Crippen LogP contribution in [0.15, 0.2) is 0 Å². The van der Waals surface area contributed by atoms with E-state index in [0.29, 0.717) is 0 Å². The zero-order chi connectivity index (χ0) is 26.8. The first kappa shape index (κ1) is 32.8. The number of carboxylic acids is 4. The van der Waals surface area contributed by atoms with Crippen LogP contribution >= 0.6 is 19.4 Å². The molecule has 2 atom stereocenters. The maximum atomic E-state index is 10.6. The van der Waals surface area contributed by atoms with Gasteiger partial charge >= 0.3 is 48.1 Å². The fourth-order valence-corrected chi connectivity index (χ4v) is 2.79. The molecule has 0 fully saturated rings. The number of alkyl halides is 1. The minimum atomic E-state index is -5.20. The molecule has 0 aliphatic carbocycles. The van der Waals surface area contributed by atoms with Crippen molar-refractivity contribution in [3.63, 3.8) is 0 Å². The number of carbonyl (C=O) groups is 5. The van der Waals surface area contributed by atoms with Gasteiger partial charge in [-0.3, -0.25) is 18.7 Å². The average molecular weight is 551 g/mol. The highest BCUT2D eigenvalue weighted by atomic mass is 35.5. The molecule has 0 amide bonds. The van der Waals surface area contributed by atoms with Gasteiger partial charge in [0.1, 0.15) is 12.7 Å². The van der Waals surface area contributed by atoms with E-state index in [2.05, 4.69) is 13.4 Å². The second kappa shape index (κ2) is 13.3. The van der Waals surface area contributed by atoms with Crippen molar-refractivity contribution in [2.45, 2.75) is 30.1 Å². The predicted octanol–water partition coefficient (Wildman–Crippen LogP) is -2.77. The predicted molar refractivity (Wildman–Crippen MR) is 94.9 cm³/mol. The molecular formula is C11H16ClO19PS. The molecular weight excluding hydrogens is 535 g/mol. The van der Waals surface area contributed by atoms with Gasteiger partial charge in [0.2, 0.25) is 0 Å². The van der Waals surface area contributed by atoms with E-state index in [1.165, 1.54) is 0 Å². The highest BCUT2D eigenvalue weighted by molar-refractivity contribution is 7.81. The molecule has 0 rings (SSSR count). The summed E-state index contributed by atoms with van der Waals surface area (Å²) in [6.45, 7) is -1.17. The van der Waals surface area contributed by atoms with Crippen molar-refractivity contribution in [3.8, 4) is 0 Å². The fourth-order valence-electron chi connectivity index (χ4n) is 1.44. The lowest BCUT2D eigenvalue weighted by atomic mass is 9.96. The Morgan fingerprint density at radius 2 is 1.39 bits per heavy atom.